The third kappa shape index (κ3) is 23.7. The topological polar surface area (TPSA) is 145 Å². The Morgan fingerprint density at radius 2 is 1.02 bits per heavy atom. The van der Waals surface area contributed by atoms with Crippen molar-refractivity contribution in [1.82, 2.24) is 5.32 Å². The Morgan fingerprint density at radius 3 is 1.53 bits per heavy atom. The van der Waals surface area contributed by atoms with Gasteiger partial charge in [0.15, 0.2) is 6.04 Å². The molecule has 0 bridgehead atoms. The molecule has 1 N–H and O–H groups in total. The van der Waals surface area contributed by atoms with Gasteiger partial charge in [0, 0.05) is 6.42 Å². The molecule has 1 amide bonds. The van der Waals surface area contributed by atoms with E-state index in [4.69, 9.17) is 32.5 Å². The van der Waals surface area contributed by atoms with Gasteiger partial charge >= 0.3 is 25.9 Å². The summed E-state index contributed by atoms with van der Waals surface area (Å²) < 4.78 is 53.1. The molecule has 3 rings (SSSR count). The van der Waals surface area contributed by atoms with Crippen molar-refractivity contribution in [3.05, 3.63) is 108 Å². The molecule has 3 aromatic carbocycles. The Balaban J connectivity index is 1.50. The molecule has 0 radical (unpaired) electrons. The number of ether oxygens (including phenoxy) is 4. The molecule has 3 atom stereocenters. The van der Waals surface area contributed by atoms with Gasteiger partial charge in [-0.15, -0.1) is 0 Å². The second-order valence-electron chi connectivity index (χ2n) is 14.9. The number of methoxy groups -OCH3 is 1. The van der Waals surface area contributed by atoms with Gasteiger partial charge in [0.2, 0.25) is 0 Å². The van der Waals surface area contributed by atoms with E-state index in [1.807, 2.05) is 42.5 Å². The summed E-state index contributed by atoms with van der Waals surface area (Å²) in [6, 6.07) is 26.0. The van der Waals surface area contributed by atoms with Crippen LogP contribution in [0.4, 0.5) is 4.79 Å². The highest BCUT2D eigenvalue weighted by molar-refractivity contribution is 7.48. The molecule has 0 saturated heterocycles. The molecule has 13 heteroatoms. The number of carbonyl (C=O) groups is 3. The van der Waals surface area contributed by atoms with Crippen molar-refractivity contribution in [2.75, 3.05) is 26.9 Å². The van der Waals surface area contributed by atoms with Crippen LogP contribution in [0.2, 0.25) is 0 Å². The number of esters is 2. The molecule has 1 unspecified atom stereocenters. The Bertz CT molecular complexity index is 1610. The lowest BCUT2D eigenvalue weighted by molar-refractivity contribution is -0.149. The fourth-order valence-corrected chi connectivity index (χ4v) is 7.44. The highest BCUT2D eigenvalue weighted by Gasteiger charge is 2.33. The van der Waals surface area contributed by atoms with E-state index in [2.05, 4.69) is 12.2 Å². The first-order valence-corrected chi connectivity index (χ1v) is 23.2. The standard InChI is InChI=1S/C47H68NO11P/c1-3-4-5-6-7-8-9-10-11-12-13-14-15-16-26-33-45(49)55-37-43(54-34-40-27-20-17-21-28-40)38-58-60(52,57-36-42-31-24-19-25-32-42)59-39-44(46(50)53-2)48-47(51)56-35-41-29-22-18-23-30-41/h17-25,27-32,43-44H,3-16,26,33-39H2,1-2H3,(H,48,51)/t43-,44+,60?/m1/s1. The Hall–Kier alpha value is -4.06. The molecule has 0 heterocycles. The van der Waals surface area contributed by atoms with E-state index in [0.717, 1.165) is 37.5 Å². The zero-order chi connectivity index (χ0) is 42.9. The van der Waals surface area contributed by atoms with Crippen molar-refractivity contribution in [1.29, 1.82) is 0 Å². The number of hydrogen-bond acceptors (Lipinski definition) is 11. The van der Waals surface area contributed by atoms with Crippen LogP contribution in [-0.4, -0.2) is 57.1 Å². The number of phosphoric ester groups is 1. The van der Waals surface area contributed by atoms with Crippen LogP contribution in [-0.2, 0) is 66.5 Å². The number of nitrogens with one attached hydrogen (secondary N) is 1. The number of rotatable bonds is 34. The van der Waals surface area contributed by atoms with E-state index in [1.165, 1.54) is 77.0 Å². The van der Waals surface area contributed by atoms with E-state index in [-0.39, 0.29) is 45.4 Å². The van der Waals surface area contributed by atoms with Crippen molar-refractivity contribution in [3.8, 4) is 0 Å². The van der Waals surface area contributed by atoms with Gasteiger partial charge in [0.25, 0.3) is 0 Å². The van der Waals surface area contributed by atoms with E-state index in [1.54, 1.807) is 48.5 Å². The summed E-state index contributed by atoms with van der Waals surface area (Å²) >= 11 is 0. The maximum absolute atomic E-state index is 14.2. The Morgan fingerprint density at radius 1 is 0.550 bits per heavy atom. The summed E-state index contributed by atoms with van der Waals surface area (Å²) in [7, 11) is -3.32. The first kappa shape index (κ1) is 50.3. The molecule has 0 spiro atoms. The molecule has 0 aliphatic rings. The van der Waals surface area contributed by atoms with Gasteiger partial charge in [-0.25, -0.2) is 14.2 Å². The second-order valence-corrected chi connectivity index (χ2v) is 16.5. The third-order valence-electron chi connectivity index (χ3n) is 9.78. The average molecular weight is 854 g/mol. The quantitative estimate of drug-likeness (QED) is 0.0265. The number of hydrogen-bond donors (Lipinski definition) is 1. The number of unbranched alkanes of at least 4 members (excludes halogenated alkanes) is 14. The summed E-state index contributed by atoms with van der Waals surface area (Å²) in [5.74, 6) is -1.23. The number of alkyl carbamates (subject to hydrolysis) is 1. The first-order chi connectivity index (χ1) is 29.3. The van der Waals surface area contributed by atoms with Crippen molar-refractivity contribution in [2.24, 2.45) is 0 Å². The number of amides is 1. The maximum Gasteiger partial charge on any atom is 0.475 e. The van der Waals surface area contributed by atoms with E-state index in [9.17, 15) is 18.9 Å². The number of carbonyl (C=O) groups excluding carboxylic acids is 3. The van der Waals surface area contributed by atoms with Gasteiger partial charge in [0.05, 0.1) is 33.5 Å². The molecular weight excluding hydrogens is 785 g/mol. The van der Waals surface area contributed by atoms with Crippen LogP contribution >= 0.6 is 7.82 Å². The minimum absolute atomic E-state index is 0.0440. The smallest absolute Gasteiger partial charge is 0.467 e. The largest absolute Gasteiger partial charge is 0.475 e. The number of phosphoric acid groups is 1. The zero-order valence-electron chi connectivity index (χ0n) is 35.8. The minimum atomic E-state index is -4.46. The monoisotopic (exact) mass is 853 g/mol. The molecule has 332 valence electrons. The fourth-order valence-electron chi connectivity index (χ4n) is 6.23. The Kier molecular flexibility index (Phi) is 26.6. The van der Waals surface area contributed by atoms with Crippen LogP contribution < -0.4 is 5.32 Å². The first-order valence-electron chi connectivity index (χ1n) is 21.7. The van der Waals surface area contributed by atoms with Crippen molar-refractivity contribution in [2.45, 2.75) is 142 Å². The predicted molar refractivity (Wildman–Crippen MR) is 232 cm³/mol. The van der Waals surface area contributed by atoms with Gasteiger partial charge < -0.3 is 24.3 Å². The molecule has 0 aliphatic carbocycles. The highest BCUT2D eigenvalue weighted by Crippen LogP contribution is 2.50. The van der Waals surface area contributed by atoms with Crippen molar-refractivity contribution < 1.29 is 51.5 Å². The summed E-state index contributed by atoms with van der Waals surface area (Å²) in [6.07, 6.45) is 17.1. The van der Waals surface area contributed by atoms with Gasteiger partial charge in [-0.3, -0.25) is 18.4 Å². The molecule has 0 saturated carbocycles. The highest BCUT2D eigenvalue weighted by atomic mass is 31.2. The lowest BCUT2D eigenvalue weighted by Gasteiger charge is -2.24. The predicted octanol–water partition coefficient (Wildman–Crippen LogP) is 11.2. The van der Waals surface area contributed by atoms with Gasteiger partial charge in [0.1, 0.15) is 19.3 Å². The zero-order valence-corrected chi connectivity index (χ0v) is 36.7. The van der Waals surface area contributed by atoms with E-state index >= 15 is 0 Å². The van der Waals surface area contributed by atoms with Gasteiger partial charge in [-0.1, -0.05) is 188 Å². The van der Waals surface area contributed by atoms with E-state index in [0.29, 0.717) is 5.56 Å². The Labute approximate surface area is 358 Å². The van der Waals surface area contributed by atoms with Crippen LogP contribution in [0.3, 0.4) is 0 Å². The lowest BCUT2D eigenvalue weighted by Crippen LogP contribution is -2.44. The third-order valence-corrected chi connectivity index (χ3v) is 11.2. The van der Waals surface area contributed by atoms with E-state index < -0.39 is 38.6 Å². The normalized spacial score (nSPS) is 13.2. The summed E-state index contributed by atoms with van der Waals surface area (Å²) in [6.45, 7) is 1.08. The van der Waals surface area contributed by atoms with Crippen LogP contribution in [0.25, 0.3) is 0 Å². The van der Waals surface area contributed by atoms with Crippen molar-refractivity contribution >= 4 is 25.9 Å². The fraction of sp³-hybridized carbons (Fsp3) is 0.553. The van der Waals surface area contributed by atoms with Crippen molar-refractivity contribution in [3.63, 3.8) is 0 Å². The maximum atomic E-state index is 14.2. The minimum Gasteiger partial charge on any atom is -0.467 e. The van der Waals surface area contributed by atoms with Crippen LogP contribution in [0.5, 0.6) is 0 Å². The average Bonchev–Trinajstić information content (AvgIpc) is 3.28. The number of benzene rings is 3. The molecule has 60 heavy (non-hydrogen) atoms. The molecule has 3 aromatic rings. The summed E-state index contributed by atoms with van der Waals surface area (Å²) in [4.78, 5) is 38.1. The molecule has 0 fully saturated rings. The second kappa shape index (κ2) is 31.8. The van der Waals surface area contributed by atoms with Crippen LogP contribution in [0, 0.1) is 0 Å². The summed E-state index contributed by atoms with van der Waals surface area (Å²) in [5, 5.41) is 2.39. The molecule has 0 aromatic heterocycles. The molecule has 0 aliphatic heterocycles. The van der Waals surface area contributed by atoms with Crippen LogP contribution in [0.1, 0.15) is 126 Å². The SMILES string of the molecule is CCCCCCCCCCCCCCCCCC(=O)OC[C@H](COP(=O)(OCc1ccccc1)OC[C@H](NC(=O)OCc1ccccc1)C(=O)OC)OCc1ccccc1. The lowest BCUT2D eigenvalue weighted by atomic mass is 10.0. The van der Waals surface area contributed by atoms with Crippen LogP contribution in [0.15, 0.2) is 91.0 Å². The van der Waals surface area contributed by atoms with Gasteiger partial charge in [-0.2, -0.15) is 0 Å². The summed E-state index contributed by atoms with van der Waals surface area (Å²) in [5.41, 5.74) is 2.30. The molecule has 12 nitrogen and oxygen atoms in total. The molecular formula is C47H68NO11P. The van der Waals surface area contributed by atoms with Gasteiger partial charge in [-0.05, 0) is 23.1 Å².